The van der Waals surface area contributed by atoms with E-state index in [4.69, 9.17) is 9.26 Å². The molecule has 1 saturated carbocycles. The number of amides is 1. The van der Waals surface area contributed by atoms with Crippen LogP contribution in [0.15, 0.2) is 10.6 Å². The maximum Gasteiger partial charge on any atom is 0.410 e. The summed E-state index contributed by atoms with van der Waals surface area (Å²) in [5.74, 6) is 0.788. The van der Waals surface area contributed by atoms with Crippen LogP contribution in [0.3, 0.4) is 0 Å². The summed E-state index contributed by atoms with van der Waals surface area (Å²) in [6.45, 7) is 7.99. The lowest BCUT2D eigenvalue weighted by Gasteiger charge is -2.58. The van der Waals surface area contributed by atoms with Crippen LogP contribution in [0.1, 0.15) is 45.1 Å². The summed E-state index contributed by atoms with van der Waals surface area (Å²) < 4.78 is 10.9. The monoisotopic (exact) mass is 303 g/mol. The van der Waals surface area contributed by atoms with E-state index < -0.39 is 11.0 Å². The molecule has 2 bridgehead atoms. The number of aromatic nitrogens is 1. The quantitative estimate of drug-likeness (QED) is 0.797. The minimum Gasteiger partial charge on any atom is -0.444 e. The minimum atomic E-state index is -0.781. The van der Waals surface area contributed by atoms with Crippen molar-refractivity contribution in [1.29, 1.82) is 5.26 Å². The molecule has 3 unspecified atom stereocenters. The number of fused-ring (bicyclic) bond motifs is 2. The fraction of sp³-hybridized carbons (Fsp3) is 0.688. The lowest BCUT2D eigenvalue weighted by atomic mass is 9.52. The zero-order valence-corrected chi connectivity index (χ0v) is 13.4. The summed E-state index contributed by atoms with van der Waals surface area (Å²) >= 11 is 0. The molecule has 118 valence electrons. The van der Waals surface area contributed by atoms with Gasteiger partial charge in [0.1, 0.15) is 11.0 Å². The molecule has 22 heavy (non-hydrogen) atoms. The van der Waals surface area contributed by atoms with E-state index in [1.807, 2.05) is 27.7 Å². The van der Waals surface area contributed by atoms with E-state index in [1.54, 1.807) is 11.0 Å². The summed E-state index contributed by atoms with van der Waals surface area (Å²) in [5.41, 5.74) is -0.579. The van der Waals surface area contributed by atoms with Crippen molar-refractivity contribution in [2.24, 2.45) is 5.92 Å². The van der Waals surface area contributed by atoms with E-state index in [2.05, 4.69) is 11.2 Å². The predicted octanol–water partition coefficient (Wildman–Crippen LogP) is 2.77. The number of carbonyl (C=O) groups is 1. The third-order valence-corrected chi connectivity index (χ3v) is 4.62. The molecule has 3 atom stereocenters. The number of rotatable bonds is 1. The van der Waals surface area contributed by atoms with Crippen LogP contribution in [0.4, 0.5) is 4.79 Å². The van der Waals surface area contributed by atoms with Crippen molar-refractivity contribution in [3.8, 4) is 6.07 Å². The molecule has 0 spiro atoms. The first-order chi connectivity index (χ1) is 10.3. The molecule has 1 aromatic rings. The first kappa shape index (κ1) is 14.9. The molecule has 2 aliphatic rings. The molecule has 0 N–H and O–H groups in total. The van der Waals surface area contributed by atoms with Gasteiger partial charge < -0.3 is 14.2 Å². The standard InChI is InChI=1S/C16H21N3O3/c1-10-7-13(22-18-10)16(9-17)11-5-6-19(12(16)8-11)14(20)21-15(2,3)4/h7,11-12H,5-6,8H2,1-4H3. The van der Waals surface area contributed by atoms with Gasteiger partial charge in [-0.25, -0.2) is 4.79 Å². The number of nitrogens with zero attached hydrogens (tertiary/aromatic N) is 3. The van der Waals surface area contributed by atoms with Crippen molar-refractivity contribution in [2.75, 3.05) is 6.54 Å². The maximum absolute atomic E-state index is 12.4. The van der Waals surface area contributed by atoms with Gasteiger partial charge in [-0.15, -0.1) is 0 Å². The Bertz CT molecular complexity index is 638. The lowest BCUT2D eigenvalue weighted by Crippen LogP contribution is -2.69. The molecular formula is C16H21N3O3. The highest BCUT2D eigenvalue weighted by atomic mass is 16.6. The first-order valence-corrected chi connectivity index (χ1v) is 7.62. The molecule has 1 aliphatic heterocycles. The maximum atomic E-state index is 12.4. The highest BCUT2D eigenvalue weighted by Gasteiger charge is 2.65. The molecule has 2 heterocycles. The molecule has 3 rings (SSSR count). The van der Waals surface area contributed by atoms with Crippen molar-refractivity contribution in [3.63, 3.8) is 0 Å². The minimum absolute atomic E-state index is 0.196. The third-order valence-electron chi connectivity index (χ3n) is 4.62. The molecule has 1 amide bonds. The number of ether oxygens (including phenoxy) is 1. The largest absolute Gasteiger partial charge is 0.444 e. The summed E-state index contributed by atoms with van der Waals surface area (Å²) in [7, 11) is 0. The van der Waals surface area contributed by atoms with Crippen LogP contribution in [0.5, 0.6) is 0 Å². The molecule has 2 fully saturated rings. The number of hydrogen-bond acceptors (Lipinski definition) is 5. The SMILES string of the molecule is Cc1cc(C2(C#N)C3CCN(C(=O)OC(C)(C)C)C2C3)on1. The second-order valence-corrected chi connectivity index (χ2v) is 7.22. The zero-order valence-electron chi connectivity index (χ0n) is 13.4. The summed E-state index contributed by atoms with van der Waals surface area (Å²) in [6, 6.07) is 4.02. The van der Waals surface area contributed by atoms with Crippen LogP contribution in [-0.4, -0.2) is 34.3 Å². The van der Waals surface area contributed by atoms with Gasteiger partial charge in [-0.3, -0.25) is 0 Å². The van der Waals surface area contributed by atoms with Crippen LogP contribution >= 0.6 is 0 Å². The number of likely N-dealkylation sites (tertiary alicyclic amines) is 1. The van der Waals surface area contributed by atoms with Gasteiger partial charge in [0.25, 0.3) is 0 Å². The third kappa shape index (κ3) is 2.07. The van der Waals surface area contributed by atoms with Crippen LogP contribution in [0.2, 0.25) is 0 Å². The van der Waals surface area contributed by atoms with E-state index in [1.165, 1.54) is 0 Å². The Kier molecular flexibility index (Phi) is 3.20. The van der Waals surface area contributed by atoms with Gasteiger partial charge in [0.05, 0.1) is 17.8 Å². The second kappa shape index (κ2) is 4.73. The Morgan fingerprint density at radius 2 is 2.32 bits per heavy atom. The molecule has 6 nitrogen and oxygen atoms in total. The van der Waals surface area contributed by atoms with Crippen molar-refractivity contribution >= 4 is 6.09 Å². The Labute approximate surface area is 130 Å². The first-order valence-electron chi connectivity index (χ1n) is 7.62. The Morgan fingerprint density at radius 3 is 2.82 bits per heavy atom. The molecule has 1 aliphatic carbocycles. The Balaban J connectivity index is 1.89. The molecule has 1 saturated heterocycles. The summed E-state index contributed by atoms with van der Waals surface area (Å²) in [6.07, 6.45) is 1.24. The number of carbonyl (C=O) groups excluding carboxylic acids is 1. The highest BCUT2D eigenvalue weighted by Crippen LogP contribution is 2.56. The average Bonchev–Trinajstić information content (AvgIpc) is 2.84. The van der Waals surface area contributed by atoms with Crippen LogP contribution < -0.4 is 0 Å². The van der Waals surface area contributed by atoms with Crippen LogP contribution in [-0.2, 0) is 10.2 Å². The van der Waals surface area contributed by atoms with Gasteiger partial charge in [0.2, 0.25) is 0 Å². The number of piperidine rings is 2. The number of nitriles is 1. The van der Waals surface area contributed by atoms with Crippen molar-refractivity contribution in [3.05, 3.63) is 17.5 Å². The van der Waals surface area contributed by atoms with Crippen LogP contribution in [0, 0.1) is 24.2 Å². The normalized spacial score (nSPS) is 30.4. The predicted molar refractivity (Wildman–Crippen MR) is 78.0 cm³/mol. The van der Waals surface area contributed by atoms with Crippen molar-refractivity contribution < 1.29 is 14.1 Å². The molecule has 1 aromatic heterocycles. The average molecular weight is 303 g/mol. The van der Waals surface area contributed by atoms with Crippen molar-refractivity contribution in [2.45, 2.75) is 57.6 Å². The number of aryl methyl sites for hydroxylation is 1. The Hall–Kier alpha value is -2.03. The van der Waals surface area contributed by atoms with Crippen molar-refractivity contribution in [1.82, 2.24) is 10.1 Å². The van der Waals surface area contributed by atoms with Gasteiger partial charge in [-0.05, 0) is 46.5 Å². The number of hydrogen-bond donors (Lipinski definition) is 0. The van der Waals surface area contributed by atoms with Crippen LogP contribution in [0.25, 0.3) is 0 Å². The molecule has 6 heteroatoms. The smallest absolute Gasteiger partial charge is 0.410 e. The van der Waals surface area contributed by atoms with Gasteiger partial charge in [-0.1, -0.05) is 5.16 Å². The van der Waals surface area contributed by atoms with E-state index >= 15 is 0 Å². The van der Waals surface area contributed by atoms with E-state index in [9.17, 15) is 10.1 Å². The molecular weight excluding hydrogens is 282 g/mol. The van der Waals surface area contributed by atoms with Gasteiger partial charge >= 0.3 is 6.09 Å². The fourth-order valence-corrected chi connectivity index (χ4v) is 3.61. The fourth-order valence-electron chi connectivity index (χ4n) is 3.61. The lowest BCUT2D eigenvalue weighted by molar-refractivity contribution is -0.0701. The highest BCUT2D eigenvalue weighted by molar-refractivity contribution is 5.70. The molecule has 0 aromatic carbocycles. The summed E-state index contributed by atoms with van der Waals surface area (Å²) in [5, 5.41) is 13.7. The van der Waals surface area contributed by atoms with Gasteiger partial charge in [-0.2, -0.15) is 5.26 Å². The van der Waals surface area contributed by atoms with E-state index in [0.717, 1.165) is 18.5 Å². The zero-order chi connectivity index (χ0) is 16.1. The van der Waals surface area contributed by atoms with E-state index in [0.29, 0.717) is 12.3 Å². The van der Waals surface area contributed by atoms with E-state index in [-0.39, 0.29) is 18.1 Å². The summed E-state index contributed by atoms with van der Waals surface area (Å²) in [4.78, 5) is 14.1. The van der Waals surface area contributed by atoms with Gasteiger partial charge in [0.15, 0.2) is 5.76 Å². The topological polar surface area (TPSA) is 79.4 Å². The van der Waals surface area contributed by atoms with Gasteiger partial charge in [0, 0.05) is 12.6 Å². The molecule has 0 radical (unpaired) electrons. The second-order valence-electron chi connectivity index (χ2n) is 7.22. The Morgan fingerprint density at radius 1 is 1.59 bits per heavy atom.